The van der Waals surface area contributed by atoms with Gasteiger partial charge in [0.2, 0.25) is 5.91 Å². The largest absolute Gasteiger partial charge is 0.494 e. The van der Waals surface area contributed by atoms with Crippen LogP contribution in [0.1, 0.15) is 92.8 Å². The molecule has 2 aromatic heterocycles. The van der Waals surface area contributed by atoms with Crippen LogP contribution in [-0.4, -0.2) is 54.1 Å². The predicted octanol–water partition coefficient (Wildman–Crippen LogP) is 7.98. The van der Waals surface area contributed by atoms with Gasteiger partial charge in [0.1, 0.15) is 11.8 Å². The molecule has 0 saturated carbocycles. The van der Waals surface area contributed by atoms with E-state index < -0.39 is 6.04 Å². The molecule has 8 nitrogen and oxygen atoms in total. The fraction of sp³-hybridized carbons (Fsp3) is 0.463. The quantitative estimate of drug-likeness (QED) is 0.103. The fourth-order valence-electron chi connectivity index (χ4n) is 6.05. The summed E-state index contributed by atoms with van der Waals surface area (Å²) < 4.78 is 5.91. The summed E-state index contributed by atoms with van der Waals surface area (Å²) in [6.07, 6.45) is 12.2. The van der Waals surface area contributed by atoms with Crippen molar-refractivity contribution in [3.8, 4) is 28.3 Å². The lowest BCUT2D eigenvalue weighted by atomic mass is 9.95. The van der Waals surface area contributed by atoms with Crippen molar-refractivity contribution in [1.82, 2.24) is 25.9 Å². The second kappa shape index (κ2) is 18.2. The normalized spacial score (nSPS) is 14.2. The number of nitrogens with zero attached hydrogens (tertiary/aromatic N) is 2. The molecule has 0 spiro atoms. The molecule has 0 bridgehead atoms. The van der Waals surface area contributed by atoms with Crippen LogP contribution in [0, 0.1) is 5.92 Å². The van der Waals surface area contributed by atoms with Gasteiger partial charge in [-0.05, 0) is 79.1 Å². The summed E-state index contributed by atoms with van der Waals surface area (Å²) in [5.41, 5.74) is 3.75. The molecule has 2 amide bonds. The second-order valence-electron chi connectivity index (χ2n) is 14.4. The first-order chi connectivity index (χ1) is 24.2. The Kier molecular flexibility index (Phi) is 13.6. The molecule has 266 valence electrons. The number of hydrogen-bond donors (Lipinski definition) is 3. The minimum atomic E-state index is -0.701. The predicted molar refractivity (Wildman–Crippen MR) is 204 cm³/mol. The van der Waals surface area contributed by atoms with Crippen LogP contribution < -0.4 is 20.7 Å². The number of rotatable bonds is 16. The van der Waals surface area contributed by atoms with Crippen molar-refractivity contribution in [2.45, 2.75) is 90.5 Å². The minimum Gasteiger partial charge on any atom is -0.494 e. The van der Waals surface area contributed by atoms with Crippen LogP contribution in [0.25, 0.3) is 22.5 Å². The molecule has 1 aliphatic heterocycles. The second-order valence-corrected chi connectivity index (χ2v) is 15.4. The van der Waals surface area contributed by atoms with Crippen LogP contribution in [0.5, 0.6) is 5.75 Å². The van der Waals surface area contributed by atoms with E-state index in [0.29, 0.717) is 29.6 Å². The molecule has 1 saturated heterocycles. The summed E-state index contributed by atoms with van der Waals surface area (Å²) in [5.74, 6) is 1.56. The van der Waals surface area contributed by atoms with Crippen molar-refractivity contribution in [3.63, 3.8) is 0 Å². The average Bonchev–Trinajstić information content (AvgIpc) is 3.65. The molecule has 50 heavy (non-hydrogen) atoms. The molecule has 1 aliphatic rings. The third-order valence-electron chi connectivity index (χ3n) is 9.22. The molecule has 5 rings (SSSR count). The molecule has 0 aliphatic carbocycles. The van der Waals surface area contributed by atoms with Gasteiger partial charge in [0.05, 0.1) is 11.5 Å². The average molecular weight is 696 g/mol. The van der Waals surface area contributed by atoms with Crippen LogP contribution in [0.15, 0.2) is 73.1 Å². The number of aromatic nitrogens is 2. The van der Waals surface area contributed by atoms with E-state index in [0.717, 1.165) is 71.8 Å². The Hall–Kier alpha value is -4.08. The van der Waals surface area contributed by atoms with Crippen molar-refractivity contribution >= 4 is 23.2 Å². The first-order valence-electron chi connectivity index (χ1n) is 18.2. The number of nitrogens with one attached hydrogen (secondary N) is 3. The van der Waals surface area contributed by atoms with Crippen LogP contribution in [-0.2, 0) is 16.6 Å². The van der Waals surface area contributed by atoms with Gasteiger partial charge in [-0.25, -0.2) is 9.97 Å². The Balaban J connectivity index is 1.20. The van der Waals surface area contributed by atoms with Gasteiger partial charge >= 0.3 is 0 Å². The molecule has 1 fully saturated rings. The number of benzene rings is 2. The van der Waals surface area contributed by atoms with Crippen LogP contribution in [0.2, 0.25) is 0 Å². The van der Waals surface area contributed by atoms with Crippen molar-refractivity contribution in [2.75, 3.05) is 26.2 Å². The van der Waals surface area contributed by atoms with E-state index in [-0.39, 0.29) is 17.2 Å². The van der Waals surface area contributed by atoms with Crippen molar-refractivity contribution in [3.05, 3.63) is 88.4 Å². The maximum Gasteiger partial charge on any atom is 0.262 e. The molecule has 9 heteroatoms. The number of ether oxygens (including phenoxy) is 1. The van der Waals surface area contributed by atoms with Gasteiger partial charge in [-0.3, -0.25) is 9.59 Å². The highest BCUT2D eigenvalue weighted by Gasteiger charge is 2.25. The Labute approximate surface area is 301 Å². The number of unbranched alkanes of at least 4 members (excludes halogenated alkanes) is 4. The summed E-state index contributed by atoms with van der Waals surface area (Å²) >= 11 is 1.48. The molecular weight excluding hydrogens is 643 g/mol. The number of piperidine rings is 1. The van der Waals surface area contributed by atoms with E-state index in [1.165, 1.54) is 37.0 Å². The van der Waals surface area contributed by atoms with Crippen molar-refractivity contribution in [2.24, 2.45) is 5.92 Å². The summed E-state index contributed by atoms with van der Waals surface area (Å²) in [4.78, 5) is 37.9. The first-order valence-corrected chi connectivity index (χ1v) is 19.1. The minimum absolute atomic E-state index is 0.0473. The van der Waals surface area contributed by atoms with Crippen LogP contribution in [0.3, 0.4) is 0 Å². The van der Waals surface area contributed by atoms with E-state index in [4.69, 9.17) is 4.74 Å². The van der Waals surface area contributed by atoms with Crippen molar-refractivity contribution < 1.29 is 14.3 Å². The standard InChI is InChI=1S/C41H53N5O3S/c1-5-6-7-8-9-24-49-34-16-14-31(15-17-34)33-27-43-38(44-28-33)32-12-10-29(11-13-32)25-35(39(47)45-26-30-20-22-42-23-21-30)46-40(48)36-18-19-37(50-36)41(2,3)4/h10-19,27-28,30,35,42H,5-9,20-26H2,1-4H3,(H,45,47)(H,46,48)/t35-/m0/s1. The monoisotopic (exact) mass is 695 g/mol. The molecule has 4 aromatic rings. The Bertz CT molecular complexity index is 1640. The maximum atomic E-state index is 13.5. The Morgan fingerprint density at radius 1 is 0.880 bits per heavy atom. The first kappa shape index (κ1) is 37.2. The molecule has 3 heterocycles. The van der Waals surface area contributed by atoms with Crippen LogP contribution >= 0.6 is 11.3 Å². The molecular formula is C41H53N5O3S. The molecule has 0 radical (unpaired) electrons. The van der Waals surface area contributed by atoms with Gasteiger partial charge in [-0.1, -0.05) is 89.8 Å². The third-order valence-corrected chi connectivity index (χ3v) is 10.7. The molecule has 0 unspecified atom stereocenters. The van der Waals surface area contributed by atoms with Gasteiger partial charge in [0.15, 0.2) is 5.82 Å². The Morgan fingerprint density at radius 3 is 2.22 bits per heavy atom. The number of carbonyl (C=O) groups excluding carboxylic acids is 2. The maximum absolute atomic E-state index is 13.5. The summed E-state index contributed by atoms with van der Waals surface area (Å²) in [6.45, 7) is 11.9. The third kappa shape index (κ3) is 11.0. The number of carbonyl (C=O) groups is 2. The SMILES string of the molecule is CCCCCCCOc1ccc(-c2cnc(-c3ccc(C[C@H](NC(=O)c4ccc(C(C)(C)C)s4)C(=O)NCC4CCNCC4)cc3)nc2)cc1. The zero-order valence-electron chi connectivity index (χ0n) is 30.1. The number of hydrogen-bond acceptors (Lipinski definition) is 7. The van der Waals surface area contributed by atoms with E-state index in [1.807, 2.05) is 73.1 Å². The zero-order chi connectivity index (χ0) is 35.3. The van der Waals surface area contributed by atoms with Gasteiger partial charge in [-0.15, -0.1) is 11.3 Å². The van der Waals surface area contributed by atoms with Crippen molar-refractivity contribution in [1.29, 1.82) is 0 Å². The number of amides is 2. The van der Waals surface area contributed by atoms with E-state index >= 15 is 0 Å². The molecule has 1 atom stereocenters. The van der Waals surface area contributed by atoms with E-state index in [1.54, 1.807) is 0 Å². The summed E-state index contributed by atoms with van der Waals surface area (Å²) in [6, 6.07) is 19.1. The lowest BCUT2D eigenvalue weighted by Crippen LogP contribution is -2.49. The van der Waals surface area contributed by atoms with Gasteiger partial charge in [0, 0.05) is 41.4 Å². The topological polar surface area (TPSA) is 105 Å². The van der Waals surface area contributed by atoms with Gasteiger partial charge in [0.25, 0.3) is 5.91 Å². The fourth-order valence-corrected chi connectivity index (χ4v) is 7.01. The number of thiophene rings is 1. The van der Waals surface area contributed by atoms with Gasteiger partial charge < -0.3 is 20.7 Å². The van der Waals surface area contributed by atoms with Crippen LogP contribution in [0.4, 0.5) is 0 Å². The van der Waals surface area contributed by atoms with E-state index in [9.17, 15) is 9.59 Å². The molecule has 2 aromatic carbocycles. The highest BCUT2D eigenvalue weighted by Crippen LogP contribution is 2.30. The van der Waals surface area contributed by atoms with E-state index in [2.05, 4.69) is 53.6 Å². The highest BCUT2D eigenvalue weighted by molar-refractivity contribution is 7.14. The summed E-state index contributed by atoms with van der Waals surface area (Å²) in [5, 5.41) is 9.54. The lowest BCUT2D eigenvalue weighted by molar-refractivity contribution is -0.123. The highest BCUT2D eigenvalue weighted by atomic mass is 32.1. The smallest absolute Gasteiger partial charge is 0.262 e. The van der Waals surface area contributed by atoms with Gasteiger partial charge in [-0.2, -0.15) is 0 Å². The zero-order valence-corrected chi connectivity index (χ0v) is 30.9. The Morgan fingerprint density at radius 2 is 1.56 bits per heavy atom. The summed E-state index contributed by atoms with van der Waals surface area (Å²) in [7, 11) is 0. The molecule has 3 N–H and O–H groups in total. The lowest BCUT2D eigenvalue weighted by Gasteiger charge is -2.24.